The molecule has 0 aromatic heterocycles. The summed E-state index contributed by atoms with van der Waals surface area (Å²) >= 11 is 0. The van der Waals surface area contributed by atoms with Gasteiger partial charge in [0.15, 0.2) is 0 Å². The molecule has 16 heavy (non-hydrogen) atoms. The fourth-order valence-corrected chi connectivity index (χ4v) is 1.96. The van der Waals surface area contributed by atoms with E-state index in [0.29, 0.717) is 0 Å². The molecule has 0 unspecified atom stereocenters. The summed E-state index contributed by atoms with van der Waals surface area (Å²) in [5, 5.41) is 8.92. The molecule has 2 atom stereocenters. The van der Waals surface area contributed by atoms with Crippen LogP contribution in [-0.4, -0.2) is 17.2 Å². The molecule has 0 bridgehead atoms. The Labute approximate surface area is 95.0 Å². The van der Waals surface area contributed by atoms with E-state index in [4.69, 9.17) is 9.84 Å². The van der Waals surface area contributed by atoms with Gasteiger partial charge in [-0.15, -0.1) is 0 Å². The number of hydrogen-bond acceptors (Lipinski definition) is 2. The van der Waals surface area contributed by atoms with Crippen LogP contribution in [0.15, 0.2) is 24.3 Å². The molecule has 1 aromatic carbocycles. The van der Waals surface area contributed by atoms with Gasteiger partial charge in [-0.05, 0) is 31.9 Å². The predicted molar refractivity (Wildman–Crippen MR) is 60.7 cm³/mol. The average Bonchev–Trinajstić information content (AvgIpc) is 2.97. The van der Waals surface area contributed by atoms with Crippen LogP contribution in [0.4, 0.5) is 0 Å². The van der Waals surface area contributed by atoms with Crippen LogP contribution in [-0.2, 0) is 4.79 Å². The molecule has 1 aliphatic rings. The first-order valence-electron chi connectivity index (χ1n) is 5.58. The molecule has 1 fully saturated rings. The normalized spacial score (nSPS) is 23.2. The van der Waals surface area contributed by atoms with Crippen LogP contribution in [0, 0.1) is 5.92 Å². The van der Waals surface area contributed by atoms with E-state index in [1.807, 2.05) is 38.1 Å². The van der Waals surface area contributed by atoms with Gasteiger partial charge in [0.05, 0.1) is 12.0 Å². The summed E-state index contributed by atoms with van der Waals surface area (Å²) in [6, 6.07) is 7.72. The van der Waals surface area contributed by atoms with E-state index in [1.54, 1.807) is 0 Å². The van der Waals surface area contributed by atoms with Gasteiger partial charge in [-0.1, -0.05) is 18.2 Å². The quantitative estimate of drug-likeness (QED) is 0.848. The minimum atomic E-state index is -0.704. The number of benzene rings is 1. The van der Waals surface area contributed by atoms with Crippen molar-refractivity contribution in [3.63, 3.8) is 0 Å². The summed E-state index contributed by atoms with van der Waals surface area (Å²) in [6.07, 6.45) is 0.844. The first kappa shape index (κ1) is 11.0. The summed E-state index contributed by atoms with van der Waals surface area (Å²) in [7, 11) is 0. The molecule has 0 spiro atoms. The second-order valence-electron chi connectivity index (χ2n) is 4.49. The molecule has 1 saturated carbocycles. The molecule has 2 rings (SSSR count). The van der Waals surface area contributed by atoms with Gasteiger partial charge in [0.2, 0.25) is 0 Å². The second kappa shape index (κ2) is 4.16. The molecule has 0 radical (unpaired) electrons. The van der Waals surface area contributed by atoms with E-state index in [2.05, 4.69) is 0 Å². The molecule has 3 heteroatoms. The van der Waals surface area contributed by atoms with Gasteiger partial charge in [0.25, 0.3) is 0 Å². The Bertz CT molecular complexity index is 398. The zero-order valence-corrected chi connectivity index (χ0v) is 9.51. The molecule has 0 amide bonds. The number of ether oxygens (including phenoxy) is 1. The Morgan fingerprint density at radius 2 is 2.12 bits per heavy atom. The third-order valence-corrected chi connectivity index (χ3v) is 2.79. The van der Waals surface area contributed by atoms with Crippen molar-refractivity contribution < 1.29 is 14.6 Å². The highest BCUT2D eigenvalue weighted by Gasteiger charge is 2.45. The zero-order chi connectivity index (χ0) is 11.7. The van der Waals surface area contributed by atoms with Crippen molar-refractivity contribution in [2.75, 3.05) is 0 Å². The first-order chi connectivity index (χ1) is 7.59. The van der Waals surface area contributed by atoms with Gasteiger partial charge in [0.1, 0.15) is 5.75 Å². The van der Waals surface area contributed by atoms with Crippen molar-refractivity contribution in [1.29, 1.82) is 0 Å². The molecular formula is C13H16O3. The van der Waals surface area contributed by atoms with E-state index in [-0.39, 0.29) is 17.9 Å². The van der Waals surface area contributed by atoms with Crippen LogP contribution in [0.3, 0.4) is 0 Å². The average molecular weight is 220 g/mol. The number of rotatable bonds is 4. The van der Waals surface area contributed by atoms with E-state index in [0.717, 1.165) is 17.7 Å². The van der Waals surface area contributed by atoms with Crippen LogP contribution in [0.2, 0.25) is 0 Å². The van der Waals surface area contributed by atoms with Crippen LogP contribution in [0.1, 0.15) is 31.7 Å². The molecule has 0 saturated heterocycles. The van der Waals surface area contributed by atoms with Gasteiger partial charge in [-0.2, -0.15) is 0 Å². The zero-order valence-electron chi connectivity index (χ0n) is 9.51. The number of carboxylic acid groups (broad SMARTS) is 1. The number of aliphatic carboxylic acids is 1. The van der Waals surface area contributed by atoms with Crippen LogP contribution in [0.25, 0.3) is 0 Å². The highest BCUT2D eigenvalue weighted by Crippen LogP contribution is 2.50. The maximum absolute atomic E-state index is 10.8. The number of carbonyl (C=O) groups is 1. The largest absolute Gasteiger partial charge is 0.491 e. The Morgan fingerprint density at radius 1 is 1.44 bits per heavy atom. The van der Waals surface area contributed by atoms with Crippen LogP contribution >= 0.6 is 0 Å². The van der Waals surface area contributed by atoms with E-state index >= 15 is 0 Å². The van der Waals surface area contributed by atoms with Crippen molar-refractivity contribution >= 4 is 5.97 Å². The van der Waals surface area contributed by atoms with Gasteiger partial charge >= 0.3 is 5.97 Å². The molecule has 3 nitrogen and oxygen atoms in total. The van der Waals surface area contributed by atoms with Crippen LogP contribution in [0.5, 0.6) is 5.75 Å². The molecule has 1 N–H and O–H groups in total. The van der Waals surface area contributed by atoms with E-state index in [9.17, 15) is 4.79 Å². The van der Waals surface area contributed by atoms with E-state index < -0.39 is 5.97 Å². The lowest BCUT2D eigenvalue weighted by Crippen LogP contribution is -2.08. The Morgan fingerprint density at radius 3 is 2.69 bits per heavy atom. The van der Waals surface area contributed by atoms with Crippen molar-refractivity contribution in [2.45, 2.75) is 32.3 Å². The van der Waals surface area contributed by atoms with Crippen LogP contribution < -0.4 is 4.74 Å². The molecule has 1 aromatic rings. The minimum absolute atomic E-state index is 0.114. The third kappa shape index (κ3) is 2.18. The monoisotopic (exact) mass is 220 g/mol. The molecule has 0 heterocycles. The third-order valence-electron chi connectivity index (χ3n) is 2.79. The number of hydrogen-bond donors (Lipinski definition) is 1. The highest BCUT2D eigenvalue weighted by atomic mass is 16.5. The summed E-state index contributed by atoms with van der Waals surface area (Å²) in [6.45, 7) is 3.94. The standard InChI is InChI=1S/C13H16O3/c1-8(2)16-12-6-4-3-5-9(12)10-7-11(10)13(14)15/h3-6,8,10-11H,7H2,1-2H3,(H,14,15)/t10-,11+/m0/s1. The van der Waals surface area contributed by atoms with Crippen molar-refractivity contribution in [3.05, 3.63) is 29.8 Å². The first-order valence-corrected chi connectivity index (χ1v) is 5.58. The summed E-state index contributed by atoms with van der Waals surface area (Å²) in [4.78, 5) is 10.8. The fourth-order valence-electron chi connectivity index (χ4n) is 1.96. The van der Waals surface area contributed by atoms with Gasteiger partial charge < -0.3 is 9.84 Å². The minimum Gasteiger partial charge on any atom is -0.491 e. The lowest BCUT2D eigenvalue weighted by atomic mass is 10.1. The second-order valence-corrected chi connectivity index (χ2v) is 4.49. The number of para-hydroxylation sites is 1. The molecular weight excluding hydrogens is 204 g/mol. The Kier molecular flexibility index (Phi) is 2.86. The topological polar surface area (TPSA) is 46.5 Å². The fraction of sp³-hybridized carbons (Fsp3) is 0.462. The lowest BCUT2D eigenvalue weighted by Gasteiger charge is -2.13. The van der Waals surface area contributed by atoms with Crippen molar-refractivity contribution in [3.8, 4) is 5.75 Å². The Hall–Kier alpha value is -1.51. The van der Waals surface area contributed by atoms with Crippen molar-refractivity contribution in [1.82, 2.24) is 0 Å². The summed E-state index contributed by atoms with van der Waals surface area (Å²) in [5.74, 6) is 0.0277. The lowest BCUT2D eigenvalue weighted by molar-refractivity contribution is -0.138. The highest BCUT2D eigenvalue weighted by molar-refractivity contribution is 5.75. The molecule has 1 aliphatic carbocycles. The van der Waals surface area contributed by atoms with E-state index in [1.165, 1.54) is 0 Å². The number of carboxylic acids is 1. The Balaban J connectivity index is 2.18. The van der Waals surface area contributed by atoms with Gasteiger partial charge in [-0.3, -0.25) is 4.79 Å². The maximum atomic E-state index is 10.8. The summed E-state index contributed by atoms with van der Waals surface area (Å²) < 4.78 is 5.68. The molecule has 86 valence electrons. The van der Waals surface area contributed by atoms with Gasteiger partial charge in [-0.25, -0.2) is 0 Å². The van der Waals surface area contributed by atoms with Gasteiger partial charge in [0, 0.05) is 5.92 Å². The smallest absolute Gasteiger partial charge is 0.307 e. The van der Waals surface area contributed by atoms with Crippen molar-refractivity contribution in [2.24, 2.45) is 5.92 Å². The molecule has 0 aliphatic heterocycles. The summed E-state index contributed by atoms with van der Waals surface area (Å²) in [5.41, 5.74) is 1.03. The SMILES string of the molecule is CC(C)Oc1ccccc1[C@@H]1C[C@H]1C(=O)O. The maximum Gasteiger partial charge on any atom is 0.307 e. The predicted octanol–water partition coefficient (Wildman–Crippen LogP) is 2.66.